The summed E-state index contributed by atoms with van der Waals surface area (Å²) < 4.78 is 1.57. The molecule has 2 heterocycles. The van der Waals surface area contributed by atoms with Gasteiger partial charge in [-0.15, -0.1) is 0 Å². The highest BCUT2D eigenvalue weighted by atomic mass is 35.5. The molecule has 0 atom stereocenters. The van der Waals surface area contributed by atoms with E-state index in [1.165, 1.54) is 11.6 Å². The zero-order chi connectivity index (χ0) is 17.3. The van der Waals surface area contributed by atoms with Crippen molar-refractivity contribution in [2.24, 2.45) is 0 Å². The van der Waals surface area contributed by atoms with E-state index in [9.17, 15) is 4.79 Å². The normalized spacial score (nSPS) is 12.1. The average molecular weight is 339 g/mol. The molecule has 0 aliphatic heterocycles. The zero-order valence-electron chi connectivity index (χ0n) is 14.0. The van der Waals surface area contributed by atoms with Gasteiger partial charge in [-0.25, -0.2) is 4.98 Å². The van der Waals surface area contributed by atoms with Crippen molar-refractivity contribution < 1.29 is 0 Å². The molecule has 122 valence electrons. The topological polar surface area (TPSA) is 34.4 Å². The second-order valence-electron chi connectivity index (χ2n) is 6.15. The van der Waals surface area contributed by atoms with Crippen LogP contribution in [-0.2, 0) is 0 Å². The van der Waals surface area contributed by atoms with Crippen molar-refractivity contribution in [1.29, 1.82) is 0 Å². The molecular formula is C20H19ClN2O. The molecule has 4 heteroatoms. The Hall–Kier alpha value is -2.39. The fourth-order valence-corrected chi connectivity index (χ4v) is 2.86. The Balaban J connectivity index is 2.02. The summed E-state index contributed by atoms with van der Waals surface area (Å²) in [5.74, 6) is 0.490. The van der Waals surface area contributed by atoms with Crippen LogP contribution < -0.4 is 5.56 Å². The van der Waals surface area contributed by atoms with E-state index in [-0.39, 0.29) is 5.56 Å². The van der Waals surface area contributed by atoms with Crippen LogP contribution in [0.25, 0.3) is 16.8 Å². The van der Waals surface area contributed by atoms with E-state index in [0.717, 1.165) is 11.3 Å². The van der Waals surface area contributed by atoms with E-state index in [1.54, 1.807) is 10.5 Å². The van der Waals surface area contributed by atoms with E-state index < -0.39 is 0 Å². The maximum atomic E-state index is 12.3. The SMILES string of the molecule is Cc1cccc2nc(/C(Cl)=C/c3ccc(C(C)C)cc3)cc(=O)n12. The van der Waals surface area contributed by atoms with Gasteiger partial charge in [0.2, 0.25) is 0 Å². The number of pyridine rings is 1. The third kappa shape index (κ3) is 3.26. The number of halogens is 1. The molecule has 0 fully saturated rings. The lowest BCUT2D eigenvalue weighted by atomic mass is 10.0. The Bertz CT molecular complexity index is 969. The summed E-state index contributed by atoms with van der Waals surface area (Å²) in [7, 11) is 0. The molecule has 0 saturated heterocycles. The Labute approximate surface area is 146 Å². The number of hydrogen-bond donors (Lipinski definition) is 0. The minimum Gasteiger partial charge on any atom is -0.269 e. The summed E-state index contributed by atoms with van der Waals surface area (Å²) in [4.78, 5) is 16.8. The predicted octanol–water partition coefficient (Wildman–Crippen LogP) is 4.86. The van der Waals surface area contributed by atoms with Gasteiger partial charge in [-0.1, -0.05) is 55.8 Å². The van der Waals surface area contributed by atoms with E-state index >= 15 is 0 Å². The molecule has 24 heavy (non-hydrogen) atoms. The summed E-state index contributed by atoms with van der Waals surface area (Å²) in [6.45, 7) is 6.20. The first-order valence-electron chi connectivity index (χ1n) is 7.92. The fourth-order valence-electron chi connectivity index (χ4n) is 2.63. The van der Waals surface area contributed by atoms with Gasteiger partial charge in [-0.2, -0.15) is 0 Å². The van der Waals surface area contributed by atoms with Crippen LogP contribution in [0.1, 0.15) is 42.3 Å². The minimum atomic E-state index is -0.130. The van der Waals surface area contributed by atoms with Crippen LogP contribution in [0.3, 0.4) is 0 Å². The minimum absolute atomic E-state index is 0.130. The number of benzene rings is 1. The summed E-state index contributed by atoms with van der Waals surface area (Å²) >= 11 is 6.41. The number of fused-ring (bicyclic) bond motifs is 1. The molecule has 0 saturated carbocycles. The summed E-state index contributed by atoms with van der Waals surface area (Å²) in [5.41, 5.74) is 4.06. The molecule has 1 aromatic carbocycles. The van der Waals surface area contributed by atoms with Crippen molar-refractivity contribution in [3.8, 4) is 0 Å². The lowest BCUT2D eigenvalue weighted by Crippen LogP contribution is -2.16. The largest absolute Gasteiger partial charge is 0.269 e. The molecule has 0 spiro atoms. The van der Waals surface area contributed by atoms with Crippen molar-refractivity contribution in [2.75, 3.05) is 0 Å². The monoisotopic (exact) mass is 338 g/mol. The maximum Gasteiger partial charge on any atom is 0.258 e. The highest BCUT2D eigenvalue weighted by Gasteiger charge is 2.07. The van der Waals surface area contributed by atoms with Gasteiger partial charge in [0.25, 0.3) is 5.56 Å². The Morgan fingerprint density at radius 1 is 1.17 bits per heavy atom. The fraction of sp³-hybridized carbons (Fsp3) is 0.200. The first kappa shape index (κ1) is 16.5. The lowest BCUT2D eigenvalue weighted by molar-refractivity contribution is 0.866. The van der Waals surface area contributed by atoms with E-state index in [0.29, 0.717) is 22.3 Å². The van der Waals surface area contributed by atoms with Crippen molar-refractivity contribution >= 4 is 28.4 Å². The second-order valence-corrected chi connectivity index (χ2v) is 6.56. The molecule has 0 radical (unpaired) electrons. The standard InChI is InChI=1S/C20H19ClN2O/c1-13(2)16-9-7-15(8-10-16)11-17(21)18-12-20(24)23-14(3)5-4-6-19(23)22-18/h4-13H,1-3H3/b17-11-. The van der Waals surface area contributed by atoms with Gasteiger partial charge in [0, 0.05) is 11.8 Å². The molecule has 3 aromatic rings. The summed E-state index contributed by atoms with van der Waals surface area (Å²) in [5, 5.41) is 0.452. The predicted molar refractivity (Wildman–Crippen MR) is 100 cm³/mol. The van der Waals surface area contributed by atoms with E-state index in [2.05, 4.69) is 31.0 Å². The molecule has 0 N–H and O–H groups in total. The highest BCUT2D eigenvalue weighted by molar-refractivity contribution is 6.51. The van der Waals surface area contributed by atoms with Crippen LogP contribution in [-0.4, -0.2) is 9.38 Å². The molecule has 0 amide bonds. The summed E-state index contributed by atoms with van der Waals surface area (Å²) in [6.07, 6.45) is 1.83. The third-order valence-corrected chi connectivity index (χ3v) is 4.32. The van der Waals surface area contributed by atoms with Gasteiger partial charge in [-0.05, 0) is 42.2 Å². The zero-order valence-corrected chi connectivity index (χ0v) is 14.7. The van der Waals surface area contributed by atoms with Gasteiger partial charge in [-0.3, -0.25) is 9.20 Å². The number of aryl methyl sites for hydroxylation is 1. The molecule has 0 aliphatic carbocycles. The van der Waals surface area contributed by atoms with E-state index in [1.807, 2.05) is 37.3 Å². The molecule has 0 bridgehead atoms. The van der Waals surface area contributed by atoms with Gasteiger partial charge < -0.3 is 0 Å². The molecule has 0 unspecified atom stereocenters. The summed E-state index contributed by atoms with van der Waals surface area (Å²) in [6, 6.07) is 15.3. The Morgan fingerprint density at radius 2 is 1.88 bits per heavy atom. The number of nitrogens with zero attached hydrogens (tertiary/aromatic N) is 2. The van der Waals surface area contributed by atoms with Crippen LogP contribution in [0, 0.1) is 6.92 Å². The average Bonchev–Trinajstić information content (AvgIpc) is 2.55. The number of aromatic nitrogens is 2. The van der Waals surface area contributed by atoms with Crippen LogP contribution in [0.2, 0.25) is 0 Å². The number of hydrogen-bond acceptors (Lipinski definition) is 2. The second kappa shape index (κ2) is 6.62. The quantitative estimate of drug-likeness (QED) is 0.683. The molecule has 3 nitrogen and oxygen atoms in total. The van der Waals surface area contributed by atoms with E-state index in [4.69, 9.17) is 11.6 Å². The van der Waals surface area contributed by atoms with Crippen molar-refractivity contribution in [1.82, 2.24) is 9.38 Å². The van der Waals surface area contributed by atoms with Crippen LogP contribution >= 0.6 is 11.6 Å². The first-order chi connectivity index (χ1) is 11.5. The maximum absolute atomic E-state index is 12.3. The van der Waals surface area contributed by atoms with Crippen molar-refractivity contribution in [3.05, 3.63) is 81.4 Å². The molecular weight excluding hydrogens is 320 g/mol. The molecule has 0 aliphatic rings. The third-order valence-electron chi connectivity index (χ3n) is 4.02. The Morgan fingerprint density at radius 3 is 2.54 bits per heavy atom. The van der Waals surface area contributed by atoms with Crippen LogP contribution in [0.4, 0.5) is 0 Å². The van der Waals surface area contributed by atoms with Crippen LogP contribution in [0.15, 0.2) is 53.3 Å². The molecule has 2 aromatic heterocycles. The van der Waals surface area contributed by atoms with Crippen molar-refractivity contribution in [3.63, 3.8) is 0 Å². The number of rotatable bonds is 3. The first-order valence-corrected chi connectivity index (χ1v) is 8.30. The van der Waals surface area contributed by atoms with Crippen LogP contribution in [0.5, 0.6) is 0 Å². The Kier molecular flexibility index (Phi) is 4.54. The van der Waals surface area contributed by atoms with Gasteiger partial charge in [0.1, 0.15) is 5.65 Å². The molecule has 3 rings (SSSR count). The lowest BCUT2D eigenvalue weighted by Gasteiger charge is -2.07. The van der Waals surface area contributed by atoms with Gasteiger partial charge in [0.15, 0.2) is 0 Å². The van der Waals surface area contributed by atoms with Gasteiger partial charge in [0.05, 0.1) is 10.7 Å². The van der Waals surface area contributed by atoms with Gasteiger partial charge >= 0.3 is 0 Å². The highest BCUT2D eigenvalue weighted by Crippen LogP contribution is 2.22. The van der Waals surface area contributed by atoms with Crippen molar-refractivity contribution in [2.45, 2.75) is 26.7 Å². The smallest absolute Gasteiger partial charge is 0.258 e.